The number of fused-ring (bicyclic) bond motifs is 1. The van der Waals surface area contributed by atoms with Gasteiger partial charge in [0.05, 0.1) is 11.6 Å². The topological polar surface area (TPSA) is 92.7 Å². The van der Waals surface area contributed by atoms with Crippen LogP contribution < -0.4 is 5.32 Å². The van der Waals surface area contributed by atoms with Crippen LogP contribution in [0.4, 0.5) is 0 Å². The number of nitrogens with one attached hydrogen (secondary N) is 1. The van der Waals surface area contributed by atoms with E-state index in [1.54, 1.807) is 40.4 Å². The van der Waals surface area contributed by atoms with Gasteiger partial charge in [0.25, 0.3) is 11.8 Å². The number of oxazole rings is 1. The Morgan fingerprint density at radius 2 is 2.09 bits per heavy atom. The van der Waals surface area contributed by atoms with Crippen LogP contribution in [0.25, 0.3) is 17.0 Å². The molecule has 5 rings (SSSR count). The van der Waals surface area contributed by atoms with Gasteiger partial charge in [-0.1, -0.05) is 29.8 Å². The Kier molecular flexibility index (Phi) is 5.63. The Morgan fingerprint density at radius 3 is 2.94 bits per heavy atom. The fourth-order valence-electron chi connectivity index (χ4n) is 3.98. The SMILES string of the molecule is Cc1cccc(-c2oc(C)nc2C(=O)N2CCSC2CNC(=O)c2cnc3ccccn23)c1. The van der Waals surface area contributed by atoms with Crippen molar-refractivity contribution in [2.45, 2.75) is 19.2 Å². The zero-order chi connectivity index (χ0) is 22.9. The summed E-state index contributed by atoms with van der Waals surface area (Å²) < 4.78 is 7.56. The standard InChI is InChI=1S/C24H23N5O3S/c1-15-6-5-7-17(12-15)22-21(27-16(2)32-22)24(31)29-10-11-33-20(29)14-26-23(30)18-13-25-19-8-3-4-9-28(18)19/h3-9,12-13,20H,10-11,14H2,1-2H3,(H,26,30). The number of aryl methyl sites for hydroxylation is 2. The lowest BCUT2D eigenvalue weighted by molar-refractivity contribution is 0.0746. The molecule has 33 heavy (non-hydrogen) atoms. The van der Waals surface area contributed by atoms with E-state index >= 15 is 0 Å². The molecule has 1 aromatic carbocycles. The van der Waals surface area contributed by atoms with Crippen LogP contribution in [0.15, 0.2) is 59.3 Å². The summed E-state index contributed by atoms with van der Waals surface area (Å²) in [6, 6.07) is 13.4. The molecule has 0 saturated carbocycles. The Balaban J connectivity index is 1.33. The van der Waals surface area contributed by atoms with Gasteiger partial charge >= 0.3 is 0 Å². The lowest BCUT2D eigenvalue weighted by Gasteiger charge is -2.23. The van der Waals surface area contributed by atoms with Gasteiger partial charge in [-0.25, -0.2) is 9.97 Å². The lowest BCUT2D eigenvalue weighted by atomic mass is 10.1. The van der Waals surface area contributed by atoms with Crippen molar-refractivity contribution in [3.63, 3.8) is 0 Å². The number of hydrogen-bond acceptors (Lipinski definition) is 6. The maximum atomic E-state index is 13.5. The molecule has 8 nitrogen and oxygen atoms in total. The molecule has 3 aromatic heterocycles. The fraction of sp³-hybridized carbons (Fsp3) is 0.250. The van der Waals surface area contributed by atoms with Gasteiger partial charge < -0.3 is 14.6 Å². The van der Waals surface area contributed by atoms with Crippen LogP contribution in [0.5, 0.6) is 0 Å². The molecule has 9 heteroatoms. The van der Waals surface area contributed by atoms with Crippen LogP contribution in [0.3, 0.4) is 0 Å². The Morgan fingerprint density at radius 1 is 1.21 bits per heavy atom. The van der Waals surface area contributed by atoms with E-state index in [0.717, 1.165) is 16.9 Å². The molecule has 1 atom stereocenters. The van der Waals surface area contributed by atoms with Crippen molar-refractivity contribution in [3.05, 3.63) is 77.7 Å². The number of nitrogens with zero attached hydrogens (tertiary/aromatic N) is 4. The third-order valence-corrected chi connectivity index (χ3v) is 6.78. The molecule has 0 spiro atoms. The monoisotopic (exact) mass is 461 g/mol. The summed E-state index contributed by atoms with van der Waals surface area (Å²) in [5.74, 6) is 1.29. The highest BCUT2D eigenvalue weighted by atomic mass is 32.2. The minimum Gasteiger partial charge on any atom is -0.440 e. The quantitative estimate of drug-likeness (QED) is 0.489. The van der Waals surface area contributed by atoms with E-state index in [0.29, 0.717) is 41.8 Å². The van der Waals surface area contributed by atoms with Gasteiger partial charge in [-0.05, 0) is 25.1 Å². The highest BCUT2D eigenvalue weighted by molar-refractivity contribution is 8.00. The normalized spacial score (nSPS) is 15.8. The van der Waals surface area contributed by atoms with Crippen molar-refractivity contribution in [3.8, 4) is 11.3 Å². The third-order valence-electron chi connectivity index (χ3n) is 5.55. The van der Waals surface area contributed by atoms with Crippen LogP contribution >= 0.6 is 11.8 Å². The predicted octanol–water partition coefficient (Wildman–Crippen LogP) is 3.55. The number of pyridine rings is 1. The number of rotatable bonds is 5. The first-order chi connectivity index (χ1) is 16.0. The van der Waals surface area contributed by atoms with E-state index in [2.05, 4.69) is 15.3 Å². The lowest BCUT2D eigenvalue weighted by Crippen LogP contribution is -2.42. The minimum atomic E-state index is -0.230. The number of benzene rings is 1. The molecule has 0 bridgehead atoms. The van der Waals surface area contributed by atoms with E-state index < -0.39 is 0 Å². The Hall–Kier alpha value is -3.59. The second-order valence-electron chi connectivity index (χ2n) is 7.89. The number of carbonyl (C=O) groups excluding carboxylic acids is 2. The second kappa shape index (κ2) is 8.74. The van der Waals surface area contributed by atoms with Gasteiger partial charge in [-0.3, -0.25) is 14.0 Å². The summed E-state index contributed by atoms with van der Waals surface area (Å²) >= 11 is 1.64. The molecule has 168 valence electrons. The average Bonchev–Trinajstić information content (AvgIpc) is 3.55. The molecule has 1 saturated heterocycles. The first-order valence-corrected chi connectivity index (χ1v) is 11.7. The van der Waals surface area contributed by atoms with Crippen molar-refractivity contribution in [1.82, 2.24) is 24.6 Å². The van der Waals surface area contributed by atoms with Gasteiger partial charge in [0.1, 0.15) is 11.3 Å². The van der Waals surface area contributed by atoms with Crippen LogP contribution in [-0.4, -0.2) is 55.3 Å². The van der Waals surface area contributed by atoms with Crippen molar-refractivity contribution in [2.24, 2.45) is 0 Å². The third kappa shape index (κ3) is 4.11. The predicted molar refractivity (Wildman–Crippen MR) is 126 cm³/mol. The largest absolute Gasteiger partial charge is 0.440 e. The van der Waals surface area contributed by atoms with E-state index in [4.69, 9.17) is 4.42 Å². The summed E-state index contributed by atoms with van der Waals surface area (Å²) in [7, 11) is 0. The number of hydrogen-bond donors (Lipinski definition) is 1. The zero-order valence-corrected chi connectivity index (χ0v) is 19.1. The summed E-state index contributed by atoms with van der Waals surface area (Å²) in [6.07, 6.45) is 3.36. The van der Waals surface area contributed by atoms with Crippen molar-refractivity contribution >= 4 is 29.2 Å². The zero-order valence-electron chi connectivity index (χ0n) is 18.3. The van der Waals surface area contributed by atoms with Crippen molar-refractivity contribution in [2.75, 3.05) is 18.8 Å². The molecule has 1 fully saturated rings. The molecule has 1 N–H and O–H groups in total. The van der Waals surface area contributed by atoms with Crippen LogP contribution in [0, 0.1) is 13.8 Å². The van der Waals surface area contributed by atoms with Crippen LogP contribution in [0.2, 0.25) is 0 Å². The molecular weight excluding hydrogens is 438 g/mol. The number of imidazole rings is 1. The van der Waals surface area contributed by atoms with Crippen LogP contribution in [-0.2, 0) is 0 Å². The molecule has 1 unspecified atom stereocenters. The smallest absolute Gasteiger partial charge is 0.277 e. The molecule has 0 aliphatic carbocycles. The molecule has 2 amide bonds. The van der Waals surface area contributed by atoms with Gasteiger partial charge in [-0.2, -0.15) is 0 Å². The minimum absolute atomic E-state index is 0.192. The fourth-order valence-corrected chi connectivity index (χ4v) is 5.14. The molecule has 4 heterocycles. The Bertz CT molecular complexity index is 1340. The number of aromatic nitrogens is 3. The highest BCUT2D eigenvalue weighted by Gasteiger charge is 2.34. The van der Waals surface area contributed by atoms with Crippen molar-refractivity contribution in [1.29, 1.82) is 0 Å². The van der Waals surface area contributed by atoms with Crippen LogP contribution in [0.1, 0.15) is 32.4 Å². The maximum absolute atomic E-state index is 13.5. The summed E-state index contributed by atoms with van der Waals surface area (Å²) in [6.45, 7) is 4.64. The first kappa shape index (κ1) is 21.3. The van der Waals surface area contributed by atoms with Gasteiger partial charge in [0.15, 0.2) is 17.3 Å². The summed E-state index contributed by atoms with van der Waals surface area (Å²) in [5, 5.41) is 2.76. The summed E-state index contributed by atoms with van der Waals surface area (Å²) in [5.41, 5.74) is 3.37. The first-order valence-electron chi connectivity index (χ1n) is 10.7. The molecule has 1 aliphatic rings. The highest BCUT2D eigenvalue weighted by Crippen LogP contribution is 2.30. The average molecular weight is 462 g/mol. The van der Waals surface area contributed by atoms with Gasteiger partial charge in [-0.15, -0.1) is 11.8 Å². The summed E-state index contributed by atoms with van der Waals surface area (Å²) in [4.78, 5) is 36.7. The van der Waals surface area contributed by atoms with Crippen molar-refractivity contribution < 1.29 is 14.0 Å². The van der Waals surface area contributed by atoms with E-state index in [1.807, 2.05) is 49.4 Å². The number of thioether (sulfide) groups is 1. The number of amides is 2. The maximum Gasteiger partial charge on any atom is 0.277 e. The van der Waals surface area contributed by atoms with Gasteiger partial charge in [0.2, 0.25) is 0 Å². The van der Waals surface area contributed by atoms with E-state index in [-0.39, 0.29) is 17.2 Å². The Labute approximate surface area is 195 Å². The van der Waals surface area contributed by atoms with E-state index in [1.165, 1.54) is 0 Å². The van der Waals surface area contributed by atoms with E-state index in [9.17, 15) is 9.59 Å². The van der Waals surface area contributed by atoms with Gasteiger partial charge in [0, 0.05) is 37.5 Å². The molecule has 1 aliphatic heterocycles. The molecule has 0 radical (unpaired) electrons. The second-order valence-corrected chi connectivity index (χ2v) is 9.17. The molecule has 4 aromatic rings. The molecular formula is C24H23N5O3S. The number of carbonyl (C=O) groups is 2.